The van der Waals surface area contributed by atoms with Gasteiger partial charge in [-0.3, -0.25) is 4.79 Å². The van der Waals surface area contributed by atoms with E-state index in [0.717, 1.165) is 42.1 Å². The third kappa shape index (κ3) is 5.92. The van der Waals surface area contributed by atoms with Gasteiger partial charge in [0, 0.05) is 19.2 Å². The van der Waals surface area contributed by atoms with Gasteiger partial charge in [-0.2, -0.15) is 0 Å². The molecule has 0 saturated heterocycles. The van der Waals surface area contributed by atoms with Gasteiger partial charge in [-0.25, -0.2) is 4.68 Å². The Balaban J connectivity index is 1.39. The van der Waals surface area contributed by atoms with Gasteiger partial charge in [-0.05, 0) is 69.4 Å². The topological polar surface area (TPSA) is 78.3 Å². The fraction of sp³-hybridized carbons (Fsp3) is 0.423. The summed E-state index contributed by atoms with van der Waals surface area (Å²) in [6.45, 7) is 4.46. The minimum Gasteiger partial charge on any atom is -0.490 e. The number of aromatic nitrogens is 3. The Labute approximate surface area is 195 Å². The van der Waals surface area contributed by atoms with Crippen LogP contribution in [-0.4, -0.2) is 33.2 Å². The molecule has 0 amide bonds. The Morgan fingerprint density at radius 2 is 1.88 bits per heavy atom. The highest BCUT2D eigenvalue weighted by Crippen LogP contribution is 2.31. The maximum Gasteiger partial charge on any atom is 0.309 e. The summed E-state index contributed by atoms with van der Waals surface area (Å²) in [6.07, 6.45) is 3.43. The molecule has 0 bridgehead atoms. The summed E-state index contributed by atoms with van der Waals surface area (Å²) in [6, 6.07) is 18.2. The highest BCUT2D eigenvalue weighted by molar-refractivity contribution is 5.73. The van der Waals surface area contributed by atoms with Crippen LogP contribution in [0.5, 0.6) is 5.75 Å². The first kappa shape index (κ1) is 22.8. The lowest BCUT2D eigenvalue weighted by Gasteiger charge is -2.29. The molecule has 4 rings (SSSR count). The van der Waals surface area contributed by atoms with Gasteiger partial charge in [0.25, 0.3) is 0 Å². The van der Waals surface area contributed by atoms with Crippen molar-refractivity contribution in [1.29, 1.82) is 0 Å². The number of esters is 1. The van der Waals surface area contributed by atoms with E-state index in [0.29, 0.717) is 13.0 Å². The number of ether oxygens (including phenoxy) is 2. The SMILES string of the molecule is CC(C)OC(=O)[C@H]1CCC[C@H](Oc2ccc(-c3nnn(C)c3NCc3ccccc3)cc2)C1. The first-order valence-electron chi connectivity index (χ1n) is 11.6. The second kappa shape index (κ2) is 10.5. The summed E-state index contributed by atoms with van der Waals surface area (Å²) in [5, 5.41) is 12.0. The van der Waals surface area contributed by atoms with Crippen LogP contribution in [0, 0.1) is 5.92 Å². The molecule has 0 aliphatic heterocycles. The smallest absolute Gasteiger partial charge is 0.309 e. The van der Waals surface area contributed by atoms with Crippen LogP contribution < -0.4 is 10.1 Å². The van der Waals surface area contributed by atoms with Gasteiger partial charge in [0.05, 0.1) is 18.1 Å². The number of aryl methyl sites for hydroxylation is 1. The molecule has 2 atom stereocenters. The predicted octanol–water partition coefficient (Wildman–Crippen LogP) is 4.98. The van der Waals surface area contributed by atoms with Crippen LogP contribution >= 0.6 is 0 Å². The number of anilines is 1. The van der Waals surface area contributed by atoms with Crippen LogP contribution in [0.1, 0.15) is 45.1 Å². The van der Waals surface area contributed by atoms with Crippen LogP contribution in [0.3, 0.4) is 0 Å². The number of hydrogen-bond donors (Lipinski definition) is 1. The van der Waals surface area contributed by atoms with Crippen molar-refractivity contribution in [1.82, 2.24) is 15.0 Å². The van der Waals surface area contributed by atoms with E-state index in [1.807, 2.05) is 63.4 Å². The molecule has 0 radical (unpaired) electrons. The second-order valence-electron chi connectivity index (χ2n) is 8.86. The number of benzene rings is 2. The van der Waals surface area contributed by atoms with Crippen LogP contribution in [-0.2, 0) is 23.1 Å². The van der Waals surface area contributed by atoms with Gasteiger partial charge in [0.15, 0.2) is 5.82 Å². The summed E-state index contributed by atoms with van der Waals surface area (Å²) in [7, 11) is 1.88. The molecule has 1 heterocycles. The summed E-state index contributed by atoms with van der Waals surface area (Å²) in [4.78, 5) is 12.3. The molecule has 3 aromatic rings. The summed E-state index contributed by atoms with van der Waals surface area (Å²) in [5.41, 5.74) is 2.96. The van der Waals surface area contributed by atoms with E-state index in [4.69, 9.17) is 9.47 Å². The summed E-state index contributed by atoms with van der Waals surface area (Å²) < 4.78 is 13.4. The molecule has 1 saturated carbocycles. The Morgan fingerprint density at radius 3 is 2.61 bits per heavy atom. The van der Waals surface area contributed by atoms with Crippen molar-refractivity contribution in [2.75, 3.05) is 5.32 Å². The molecule has 0 spiro atoms. The Hall–Kier alpha value is -3.35. The lowest BCUT2D eigenvalue weighted by Crippen LogP contribution is -2.31. The molecule has 2 aromatic carbocycles. The molecule has 1 fully saturated rings. The largest absolute Gasteiger partial charge is 0.490 e. The molecular weight excluding hydrogens is 416 g/mol. The van der Waals surface area contributed by atoms with Gasteiger partial charge in [-0.1, -0.05) is 35.5 Å². The molecule has 7 heteroatoms. The third-order valence-electron chi connectivity index (χ3n) is 5.87. The highest BCUT2D eigenvalue weighted by atomic mass is 16.5. The van der Waals surface area contributed by atoms with Gasteiger partial charge >= 0.3 is 5.97 Å². The molecule has 7 nitrogen and oxygen atoms in total. The maximum atomic E-state index is 12.3. The lowest BCUT2D eigenvalue weighted by molar-refractivity contribution is -0.154. The molecule has 1 aromatic heterocycles. The zero-order valence-corrected chi connectivity index (χ0v) is 19.5. The predicted molar refractivity (Wildman–Crippen MR) is 128 cm³/mol. The average Bonchev–Trinajstić information content (AvgIpc) is 3.19. The average molecular weight is 449 g/mol. The van der Waals surface area contributed by atoms with E-state index in [1.165, 1.54) is 5.56 Å². The molecule has 1 N–H and O–H groups in total. The van der Waals surface area contributed by atoms with E-state index >= 15 is 0 Å². The number of nitrogens with zero attached hydrogens (tertiary/aromatic N) is 3. The fourth-order valence-corrected chi connectivity index (χ4v) is 4.21. The Kier molecular flexibility index (Phi) is 7.27. The van der Waals surface area contributed by atoms with Gasteiger partial charge in [0.1, 0.15) is 11.4 Å². The Bertz CT molecular complexity index is 1050. The minimum absolute atomic E-state index is 0.0222. The summed E-state index contributed by atoms with van der Waals surface area (Å²) in [5.74, 6) is 1.48. The molecule has 33 heavy (non-hydrogen) atoms. The molecular formula is C26H32N4O3. The first-order valence-corrected chi connectivity index (χ1v) is 11.6. The van der Waals surface area contributed by atoms with Crippen molar-refractivity contribution in [2.24, 2.45) is 13.0 Å². The quantitative estimate of drug-likeness (QED) is 0.490. The van der Waals surface area contributed by atoms with Crippen molar-refractivity contribution in [2.45, 2.75) is 58.3 Å². The molecule has 174 valence electrons. The van der Waals surface area contributed by atoms with E-state index in [-0.39, 0.29) is 24.1 Å². The number of hydrogen-bond acceptors (Lipinski definition) is 6. The van der Waals surface area contributed by atoms with Crippen LogP contribution in [0.4, 0.5) is 5.82 Å². The van der Waals surface area contributed by atoms with Crippen molar-refractivity contribution < 1.29 is 14.3 Å². The maximum absolute atomic E-state index is 12.3. The van der Waals surface area contributed by atoms with Crippen LogP contribution in [0.2, 0.25) is 0 Å². The minimum atomic E-state index is -0.105. The molecule has 1 aliphatic carbocycles. The third-order valence-corrected chi connectivity index (χ3v) is 5.87. The van der Waals surface area contributed by atoms with Crippen LogP contribution in [0.15, 0.2) is 54.6 Å². The van der Waals surface area contributed by atoms with Gasteiger partial charge in [-0.15, -0.1) is 5.10 Å². The molecule has 0 unspecified atom stereocenters. The zero-order valence-electron chi connectivity index (χ0n) is 19.5. The standard InChI is InChI=1S/C26H32N4O3/c1-18(2)32-26(31)21-10-7-11-23(16-21)33-22-14-12-20(13-15-22)24-25(30(3)29-28-24)27-17-19-8-5-4-6-9-19/h4-6,8-9,12-15,18,21,23,27H,7,10-11,16-17H2,1-3H3/t21-,23-/m0/s1. The number of carbonyl (C=O) groups is 1. The number of rotatable bonds is 8. The van der Waals surface area contributed by atoms with E-state index in [9.17, 15) is 4.79 Å². The number of carbonyl (C=O) groups excluding carboxylic acids is 1. The van der Waals surface area contributed by atoms with Crippen molar-refractivity contribution >= 4 is 11.8 Å². The normalized spacial score (nSPS) is 18.2. The van der Waals surface area contributed by atoms with E-state index in [2.05, 4.69) is 27.8 Å². The lowest BCUT2D eigenvalue weighted by atomic mass is 9.87. The zero-order chi connectivity index (χ0) is 23.2. The first-order chi connectivity index (χ1) is 16.0. The molecule has 1 aliphatic rings. The van der Waals surface area contributed by atoms with Gasteiger partial charge in [0.2, 0.25) is 0 Å². The van der Waals surface area contributed by atoms with E-state index < -0.39 is 0 Å². The van der Waals surface area contributed by atoms with Gasteiger partial charge < -0.3 is 14.8 Å². The van der Waals surface area contributed by atoms with Crippen LogP contribution in [0.25, 0.3) is 11.3 Å². The van der Waals surface area contributed by atoms with Crippen molar-refractivity contribution in [3.8, 4) is 17.0 Å². The number of nitrogens with one attached hydrogen (secondary N) is 1. The van der Waals surface area contributed by atoms with Crippen molar-refractivity contribution in [3.05, 3.63) is 60.2 Å². The second-order valence-corrected chi connectivity index (χ2v) is 8.86. The Morgan fingerprint density at radius 1 is 1.12 bits per heavy atom. The highest BCUT2D eigenvalue weighted by Gasteiger charge is 2.30. The monoisotopic (exact) mass is 448 g/mol. The van der Waals surface area contributed by atoms with E-state index in [1.54, 1.807) is 4.68 Å². The van der Waals surface area contributed by atoms with Crippen molar-refractivity contribution in [3.63, 3.8) is 0 Å². The summed E-state index contributed by atoms with van der Waals surface area (Å²) >= 11 is 0. The fourth-order valence-electron chi connectivity index (χ4n) is 4.21.